The molecule has 1 aromatic heterocycles. The molecule has 0 unspecified atom stereocenters. The maximum absolute atomic E-state index is 12.4. The van der Waals surface area contributed by atoms with E-state index in [0.717, 1.165) is 0 Å². The molecule has 0 aliphatic rings. The van der Waals surface area contributed by atoms with Gasteiger partial charge in [0.1, 0.15) is 11.4 Å². The van der Waals surface area contributed by atoms with E-state index in [1.165, 1.54) is 0 Å². The summed E-state index contributed by atoms with van der Waals surface area (Å²) in [7, 11) is 0. The van der Waals surface area contributed by atoms with E-state index in [0.29, 0.717) is 6.20 Å². The normalized spacial score (nSPS) is 12.2. The Morgan fingerprint density at radius 1 is 1.31 bits per heavy atom. The molecule has 0 spiro atoms. The second-order valence-corrected chi connectivity index (χ2v) is 2.84. The van der Waals surface area contributed by atoms with Crippen molar-refractivity contribution in [1.29, 1.82) is 0 Å². The van der Waals surface area contributed by atoms with Crippen LogP contribution in [0.5, 0.6) is 5.75 Å². The van der Waals surface area contributed by atoms with Crippen molar-refractivity contribution in [3.63, 3.8) is 0 Å². The second-order valence-electron chi connectivity index (χ2n) is 2.84. The molecule has 3 nitrogen and oxygen atoms in total. The molecule has 0 aliphatic carbocycles. The zero-order valence-corrected chi connectivity index (χ0v) is 7.59. The number of pyridine rings is 1. The molecule has 1 aromatic rings. The van der Waals surface area contributed by atoms with Gasteiger partial charge in [-0.05, 0) is 0 Å². The van der Waals surface area contributed by atoms with Gasteiger partial charge in [0.05, 0.1) is 18.4 Å². The molecule has 0 bridgehead atoms. The molecule has 90 valence electrons. The first-order valence-electron chi connectivity index (χ1n) is 3.96. The molecule has 1 heterocycles. The Balaban J connectivity index is 3.54. The van der Waals surface area contributed by atoms with Gasteiger partial charge in [0.25, 0.3) is 6.43 Å². The largest absolute Gasteiger partial charge is 0.506 e. The molecule has 0 amide bonds. The van der Waals surface area contributed by atoms with Crippen LogP contribution in [0.2, 0.25) is 0 Å². The lowest BCUT2D eigenvalue weighted by Crippen LogP contribution is -2.15. The number of rotatable bonds is 2. The van der Waals surface area contributed by atoms with Crippen molar-refractivity contribution in [3.8, 4) is 5.75 Å². The molecule has 0 aromatic carbocycles. The summed E-state index contributed by atoms with van der Waals surface area (Å²) in [6.45, 7) is -1.21. The van der Waals surface area contributed by atoms with E-state index in [4.69, 9.17) is 10.2 Å². The van der Waals surface area contributed by atoms with Crippen LogP contribution in [0.25, 0.3) is 0 Å². The monoisotopic (exact) mass is 243 g/mol. The molecule has 8 heteroatoms. The van der Waals surface area contributed by atoms with Crippen LogP contribution in [-0.2, 0) is 12.8 Å². The number of aliphatic hydroxyl groups is 1. The lowest BCUT2D eigenvalue weighted by molar-refractivity contribution is -0.141. The Kier molecular flexibility index (Phi) is 3.32. The smallest absolute Gasteiger partial charge is 0.418 e. The third-order valence-corrected chi connectivity index (χ3v) is 1.84. The van der Waals surface area contributed by atoms with E-state index in [-0.39, 0.29) is 0 Å². The first-order valence-corrected chi connectivity index (χ1v) is 3.96. The van der Waals surface area contributed by atoms with Crippen LogP contribution in [0, 0.1) is 0 Å². The number of aromatic hydroxyl groups is 1. The molecule has 0 saturated carbocycles. The highest BCUT2D eigenvalue weighted by Crippen LogP contribution is 2.40. The average Bonchev–Trinajstić information content (AvgIpc) is 2.15. The molecule has 0 fully saturated rings. The Bertz CT molecular complexity index is 391. The van der Waals surface area contributed by atoms with Gasteiger partial charge < -0.3 is 10.2 Å². The third-order valence-electron chi connectivity index (χ3n) is 1.84. The van der Waals surface area contributed by atoms with Crippen molar-refractivity contribution in [1.82, 2.24) is 4.98 Å². The van der Waals surface area contributed by atoms with Crippen LogP contribution >= 0.6 is 0 Å². The average molecular weight is 243 g/mol. The summed E-state index contributed by atoms with van der Waals surface area (Å²) in [6, 6.07) is 0. The van der Waals surface area contributed by atoms with Crippen molar-refractivity contribution in [2.45, 2.75) is 19.2 Å². The minimum atomic E-state index is -5.12. The van der Waals surface area contributed by atoms with Gasteiger partial charge in [0, 0.05) is 5.56 Å². The van der Waals surface area contributed by atoms with Crippen LogP contribution < -0.4 is 0 Å². The third kappa shape index (κ3) is 2.21. The Morgan fingerprint density at radius 2 is 1.88 bits per heavy atom. The Labute approximate surface area is 86.2 Å². The topological polar surface area (TPSA) is 53.4 Å². The summed E-state index contributed by atoms with van der Waals surface area (Å²) in [4.78, 5) is 2.82. The first kappa shape index (κ1) is 12.6. The maximum Gasteiger partial charge on any atom is 0.418 e. The number of nitrogens with zero attached hydrogens (tertiary/aromatic N) is 1. The number of aromatic nitrogens is 1. The van der Waals surface area contributed by atoms with Gasteiger partial charge in [-0.15, -0.1) is 0 Å². The lowest BCUT2D eigenvalue weighted by atomic mass is 10.1. The van der Waals surface area contributed by atoms with Gasteiger partial charge >= 0.3 is 6.18 Å². The number of alkyl halides is 5. The summed E-state index contributed by atoms with van der Waals surface area (Å²) in [5, 5.41) is 17.6. The summed E-state index contributed by atoms with van der Waals surface area (Å²) < 4.78 is 61.9. The van der Waals surface area contributed by atoms with Crippen molar-refractivity contribution in [2.24, 2.45) is 0 Å². The van der Waals surface area contributed by atoms with Gasteiger partial charge in [-0.3, -0.25) is 4.98 Å². The fraction of sp³-hybridized carbons (Fsp3) is 0.375. The second kappa shape index (κ2) is 4.20. The fourth-order valence-corrected chi connectivity index (χ4v) is 1.20. The number of hydrogen-bond donors (Lipinski definition) is 2. The van der Waals surface area contributed by atoms with E-state index in [1.807, 2.05) is 0 Å². The van der Waals surface area contributed by atoms with Crippen molar-refractivity contribution < 1.29 is 32.2 Å². The fourth-order valence-electron chi connectivity index (χ4n) is 1.20. The summed E-state index contributed by atoms with van der Waals surface area (Å²) in [5.74, 6) is -0.973. The highest BCUT2D eigenvalue weighted by Gasteiger charge is 2.40. The van der Waals surface area contributed by atoms with Gasteiger partial charge in [-0.2, -0.15) is 13.2 Å². The highest BCUT2D eigenvalue weighted by atomic mass is 19.4. The van der Waals surface area contributed by atoms with Crippen LogP contribution in [-0.4, -0.2) is 15.2 Å². The molecular formula is C8H6F5NO2. The molecule has 0 radical (unpaired) electrons. The van der Waals surface area contributed by atoms with Crippen LogP contribution in [0.1, 0.15) is 23.2 Å². The minimum absolute atomic E-state index is 0.447. The van der Waals surface area contributed by atoms with Crippen LogP contribution in [0.15, 0.2) is 6.20 Å². The quantitative estimate of drug-likeness (QED) is 0.783. The summed E-state index contributed by atoms with van der Waals surface area (Å²) >= 11 is 0. The zero-order valence-electron chi connectivity index (χ0n) is 7.59. The Hall–Kier alpha value is -1.44. The van der Waals surface area contributed by atoms with Crippen LogP contribution in [0.3, 0.4) is 0 Å². The predicted molar refractivity (Wildman–Crippen MR) is 41.8 cm³/mol. The van der Waals surface area contributed by atoms with Gasteiger partial charge in [-0.25, -0.2) is 8.78 Å². The zero-order chi connectivity index (χ0) is 12.5. The highest BCUT2D eigenvalue weighted by molar-refractivity contribution is 5.41. The summed E-state index contributed by atoms with van der Waals surface area (Å²) in [5.41, 5.74) is -4.29. The number of hydrogen-bond acceptors (Lipinski definition) is 3. The number of aliphatic hydroxyl groups excluding tert-OH is 1. The maximum atomic E-state index is 12.4. The van der Waals surface area contributed by atoms with E-state index >= 15 is 0 Å². The lowest BCUT2D eigenvalue weighted by Gasteiger charge is -2.15. The minimum Gasteiger partial charge on any atom is -0.506 e. The molecule has 2 N–H and O–H groups in total. The van der Waals surface area contributed by atoms with E-state index < -0.39 is 41.8 Å². The van der Waals surface area contributed by atoms with Gasteiger partial charge in [0.2, 0.25) is 0 Å². The summed E-state index contributed by atoms with van der Waals surface area (Å²) in [6.07, 6.45) is -8.11. The van der Waals surface area contributed by atoms with E-state index in [1.54, 1.807) is 0 Å². The molecule has 0 atom stereocenters. The van der Waals surface area contributed by atoms with E-state index in [2.05, 4.69) is 4.98 Å². The van der Waals surface area contributed by atoms with Crippen molar-refractivity contribution >= 4 is 0 Å². The first-order chi connectivity index (χ1) is 7.29. The Morgan fingerprint density at radius 3 is 2.25 bits per heavy atom. The standard InChI is InChI=1S/C8H6F5NO2/c9-7(10)6-5(8(11,12)13)3(2-15)4(16)1-14-6/h1,7,15-16H,2H2. The van der Waals surface area contributed by atoms with E-state index in [9.17, 15) is 22.0 Å². The molecule has 0 aliphatic heterocycles. The van der Waals surface area contributed by atoms with Crippen molar-refractivity contribution in [2.75, 3.05) is 0 Å². The molecule has 0 saturated heterocycles. The van der Waals surface area contributed by atoms with Crippen molar-refractivity contribution in [3.05, 3.63) is 23.0 Å². The van der Waals surface area contributed by atoms with Crippen LogP contribution in [0.4, 0.5) is 22.0 Å². The van der Waals surface area contributed by atoms with Gasteiger partial charge in [-0.1, -0.05) is 0 Å². The predicted octanol–water partition coefficient (Wildman–Crippen LogP) is 2.24. The number of halogens is 5. The van der Waals surface area contributed by atoms with Gasteiger partial charge in [0.15, 0.2) is 0 Å². The molecule has 1 rings (SSSR count). The molecular weight excluding hydrogens is 237 g/mol. The molecule has 16 heavy (non-hydrogen) atoms. The SMILES string of the molecule is OCc1c(O)cnc(C(F)F)c1C(F)(F)F.